The quantitative estimate of drug-likeness (QED) is 0.214. The van der Waals surface area contributed by atoms with Crippen molar-refractivity contribution in [3.63, 3.8) is 0 Å². The van der Waals surface area contributed by atoms with E-state index in [1.807, 2.05) is 61.2 Å². The fourth-order valence-corrected chi connectivity index (χ4v) is 6.15. The van der Waals surface area contributed by atoms with E-state index < -0.39 is 0 Å². The standard InChI is InChI=1S/C27H38ClN3O2S.C6H6/c1-4-31(27(32)33-5-2)25-15-18-30(19-16-25)17-14-23(22-10-9-11-24(28)20-22)21-29(3)34-26-12-7-6-8-13-26;1-2-4-6-5-3-1/h6-13,20,23,25H,4-5,14-19,21H2,1-3H3;1-6H. The number of nitrogens with zero attached hydrogens (tertiary/aromatic N) is 3. The van der Waals surface area contributed by atoms with E-state index in [-0.39, 0.29) is 12.1 Å². The smallest absolute Gasteiger partial charge is 0.409 e. The number of halogens is 1. The van der Waals surface area contributed by atoms with Crippen LogP contribution in [-0.2, 0) is 4.74 Å². The summed E-state index contributed by atoms with van der Waals surface area (Å²) in [4.78, 5) is 17.9. The molecule has 0 radical (unpaired) electrons. The topological polar surface area (TPSA) is 36.0 Å². The van der Waals surface area contributed by atoms with Gasteiger partial charge in [-0.25, -0.2) is 9.10 Å². The van der Waals surface area contributed by atoms with Gasteiger partial charge in [0.05, 0.1) is 6.61 Å². The van der Waals surface area contributed by atoms with E-state index in [4.69, 9.17) is 16.3 Å². The summed E-state index contributed by atoms with van der Waals surface area (Å²) in [7, 11) is 2.16. The van der Waals surface area contributed by atoms with Crippen LogP contribution >= 0.6 is 23.5 Å². The molecule has 40 heavy (non-hydrogen) atoms. The summed E-state index contributed by atoms with van der Waals surface area (Å²) in [5, 5.41) is 0.792. The van der Waals surface area contributed by atoms with Crippen LogP contribution in [0.25, 0.3) is 0 Å². The number of piperidine rings is 1. The van der Waals surface area contributed by atoms with Gasteiger partial charge in [-0.3, -0.25) is 0 Å². The molecule has 1 fully saturated rings. The minimum Gasteiger partial charge on any atom is -0.450 e. The number of benzene rings is 3. The van der Waals surface area contributed by atoms with Crippen molar-refractivity contribution in [1.29, 1.82) is 0 Å². The maximum absolute atomic E-state index is 12.3. The predicted octanol–water partition coefficient (Wildman–Crippen LogP) is 8.08. The van der Waals surface area contributed by atoms with Gasteiger partial charge in [-0.15, -0.1) is 0 Å². The second-order valence-electron chi connectivity index (χ2n) is 9.97. The van der Waals surface area contributed by atoms with E-state index in [0.29, 0.717) is 19.1 Å². The SMILES string of the molecule is CCOC(=O)N(CC)C1CCN(CCC(CN(C)Sc2ccccc2)c2cccc(Cl)c2)CC1.c1ccccc1. The lowest BCUT2D eigenvalue weighted by Crippen LogP contribution is -2.47. The first-order chi connectivity index (χ1) is 19.5. The zero-order valence-electron chi connectivity index (χ0n) is 24.1. The molecule has 3 aromatic carbocycles. The summed E-state index contributed by atoms with van der Waals surface area (Å²) in [6.45, 7) is 9.03. The maximum Gasteiger partial charge on any atom is 0.409 e. The van der Waals surface area contributed by atoms with Gasteiger partial charge < -0.3 is 14.5 Å². The van der Waals surface area contributed by atoms with Crippen LogP contribution in [0.4, 0.5) is 4.79 Å². The number of ether oxygens (including phenoxy) is 1. The Balaban J connectivity index is 0.000000649. The Morgan fingerprint density at radius 3 is 2.17 bits per heavy atom. The molecule has 1 atom stereocenters. The number of carbonyl (C=O) groups excluding carboxylic acids is 1. The van der Waals surface area contributed by atoms with E-state index >= 15 is 0 Å². The van der Waals surface area contributed by atoms with Crippen LogP contribution < -0.4 is 0 Å². The van der Waals surface area contributed by atoms with Gasteiger partial charge in [-0.1, -0.05) is 78.3 Å². The first-order valence-electron chi connectivity index (χ1n) is 14.4. The summed E-state index contributed by atoms with van der Waals surface area (Å²) >= 11 is 8.12. The van der Waals surface area contributed by atoms with Crippen molar-refractivity contribution in [2.75, 3.05) is 46.4 Å². The van der Waals surface area contributed by atoms with E-state index in [1.54, 1.807) is 11.9 Å². The molecule has 1 aliphatic heterocycles. The number of rotatable bonds is 11. The highest BCUT2D eigenvalue weighted by Crippen LogP contribution is 2.29. The van der Waals surface area contributed by atoms with Crippen LogP contribution in [0.3, 0.4) is 0 Å². The molecule has 7 heteroatoms. The molecular weight excluding hydrogens is 538 g/mol. The number of amides is 1. The zero-order valence-corrected chi connectivity index (χ0v) is 25.7. The molecular formula is C33H44ClN3O2S. The van der Waals surface area contributed by atoms with Gasteiger partial charge in [-0.05, 0) is 94.4 Å². The van der Waals surface area contributed by atoms with Crippen molar-refractivity contribution in [3.05, 3.63) is 102 Å². The molecule has 0 aliphatic carbocycles. The van der Waals surface area contributed by atoms with Crippen LogP contribution in [0.15, 0.2) is 95.9 Å². The van der Waals surface area contributed by atoms with Crippen molar-refractivity contribution in [2.45, 2.75) is 50.0 Å². The summed E-state index contributed by atoms with van der Waals surface area (Å²) in [6, 6.07) is 31.1. The lowest BCUT2D eigenvalue weighted by Gasteiger charge is -2.38. The average molecular weight is 582 g/mol. The molecule has 1 unspecified atom stereocenters. The normalized spacial score (nSPS) is 14.7. The highest BCUT2D eigenvalue weighted by Gasteiger charge is 2.28. The molecule has 1 amide bonds. The van der Waals surface area contributed by atoms with Crippen molar-refractivity contribution >= 4 is 29.6 Å². The highest BCUT2D eigenvalue weighted by molar-refractivity contribution is 7.97. The summed E-state index contributed by atoms with van der Waals surface area (Å²) in [6.07, 6.45) is 2.89. The second kappa shape index (κ2) is 18.0. The van der Waals surface area contributed by atoms with Crippen molar-refractivity contribution in [2.24, 2.45) is 0 Å². The summed E-state index contributed by atoms with van der Waals surface area (Å²) in [5.74, 6) is 0.393. The molecule has 0 spiro atoms. The summed E-state index contributed by atoms with van der Waals surface area (Å²) in [5.41, 5.74) is 1.29. The minimum atomic E-state index is -0.177. The monoisotopic (exact) mass is 581 g/mol. The average Bonchev–Trinajstić information content (AvgIpc) is 2.98. The predicted molar refractivity (Wildman–Crippen MR) is 169 cm³/mol. The van der Waals surface area contributed by atoms with Gasteiger partial charge in [0, 0.05) is 42.1 Å². The fourth-order valence-electron chi connectivity index (χ4n) is 5.05. The van der Waals surface area contributed by atoms with Crippen LogP contribution in [0, 0.1) is 0 Å². The van der Waals surface area contributed by atoms with Crippen molar-refractivity contribution < 1.29 is 9.53 Å². The highest BCUT2D eigenvalue weighted by atomic mass is 35.5. The third-order valence-corrected chi connectivity index (χ3v) is 8.28. The molecule has 1 aliphatic rings. The van der Waals surface area contributed by atoms with Gasteiger partial charge in [-0.2, -0.15) is 0 Å². The van der Waals surface area contributed by atoms with Crippen molar-refractivity contribution in [1.82, 2.24) is 14.1 Å². The number of hydrogen-bond donors (Lipinski definition) is 0. The largest absolute Gasteiger partial charge is 0.450 e. The number of hydrogen-bond acceptors (Lipinski definition) is 5. The third-order valence-electron chi connectivity index (χ3n) is 7.10. The molecule has 4 rings (SSSR count). The molecule has 1 saturated heterocycles. The number of carbonyl (C=O) groups is 1. The third kappa shape index (κ3) is 11.2. The van der Waals surface area contributed by atoms with E-state index in [9.17, 15) is 4.79 Å². The van der Waals surface area contributed by atoms with Gasteiger partial charge in [0.1, 0.15) is 0 Å². The van der Waals surface area contributed by atoms with E-state index in [1.165, 1.54) is 10.5 Å². The van der Waals surface area contributed by atoms with Gasteiger partial charge >= 0.3 is 6.09 Å². The Labute approximate surface area is 250 Å². The van der Waals surface area contributed by atoms with Gasteiger partial charge in [0.25, 0.3) is 0 Å². The van der Waals surface area contributed by atoms with Crippen LogP contribution in [0.2, 0.25) is 5.02 Å². The van der Waals surface area contributed by atoms with Crippen LogP contribution in [0.1, 0.15) is 44.6 Å². The minimum absolute atomic E-state index is 0.177. The van der Waals surface area contributed by atoms with E-state index in [2.05, 4.69) is 64.8 Å². The molecule has 1 heterocycles. The van der Waals surface area contributed by atoms with Gasteiger partial charge in [0.15, 0.2) is 0 Å². The Kier molecular flexibility index (Phi) is 14.4. The first kappa shape index (κ1) is 32.0. The summed E-state index contributed by atoms with van der Waals surface area (Å²) < 4.78 is 7.57. The Morgan fingerprint density at radius 2 is 1.60 bits per heavy atom. The van der Waals surface area contributed by atoms with Crippen LogP contribution in [0.5, 0.6) is 0 Å². The van der Waals surface area contributed by atoms with Gasteiger partial charge in [0.2, 0.25) is 0 Å². The lowest BCUT2D eigenvalue weighted by molar-refractivity contribution is 0.0699. The van der Waals surface area contributed by atoms with Crippen molar-refractivity contribution in [3.8, 4) is 0 Å². The molecule has 0 bridgehead atoms. The zero-order chi connectivity index (χ0) is 28.6. The van der Waals surface area contributed by atoms with E-state index in [0.717, 1.165) is 50.5 Å². The number of likely N-dealkylation sites (tertiary alicyclic amines) is 1. The lowest BCUT2D eigenvalue weighted by atomic mass is 9.94. The Hall–Kier alpha value is -2.51. The fraction of sp³-hybridized carbons (Fsp3) is 0.424. The Bertz CT molecular complexity index is 1070. The molecule has 0 aromatic heterocycles. The number of likely N-dealkylation sites (N-methyl/N-ethyl adjacent to an activating group) is 1. The molecule has 0 saturated carbocycles. The Morgan fingerprint density at radius 1 is 0.975 bits per heavy atom. The molecule has 216 valence electrons. The maximum atomic E-state index is 12.3. The second-order valence-corrected chi connectivity index (χ2v) is 11.7. The first-order valence-corrected chi connectivity index (χ1v) is 15.5. The van der Waals surface area contributed by atoms with Crippen LogP contribution in [-0.4, -0.2) is 72.6 Å². The molecule has 3 aromatic rings. The molecule has 0 N–H and O–H groups in total. The molecule has 5 nitrogen and oxygen atoms in total.